The molecule has 0 aliphatic heterocycles. The number of anilines is 1. The zero-order valence-corrected chi connectivity index (χ0v) is 17.5. The minimum atomic E-state index is -3.53. The Kier molecular flexibility index (Phi) is 6.78. The fourth-order valence-electron chi connectivity index (χ4n) is 3.05. The van der Waals surface area contributed by atoms with Gasteiger partial charge in [-0.15, -0.1) is 0 Å². The van der Waals surface area contributed by atoms with Gasteiger partial charge in [-0.1, -0.05) is 35.4 Å². The van der Waals surface area contributed by atoms with Crippen molar-refractivity contribution in [3.05, 3.63) is 58.7 Å². The van der Waals surface area contributed by atoms with Crippen molar-refractivity contribution in [1.82, 2.24) is 4.31 Å². The van der Waals surface area contributed by atoms with Gasteiger partial charge in [0.15, 0.2) is 0 Å². The SMILES string of the molecule is Cc1ccc(S(=O)(=O)N(C)CCCC(=O)Nc2c(C)cc(C)cc2C)cc1. The quantitative estimate of drug-likeness (QED) is 0.781. The number of sulfonamides is 1. The minimum absolute atomic E-state index is 0.105. The van der Waals surface area contributed by atoms with Crippen molar-refractivity contribution in [2.45, 2.75) is 45.4 Å². The molecule has 0 bridgehead atoms. The van der Waals surface area contributed by atoms with E-state index in [1.54, 1.807) is 31.3 Å². The lowest BCUT2D eigenvalue weighted by Gasteiger charge is -2.17. The van der Waals surface area contributed by atoms with Crippen molar-refractivity contribution in [2.75, 3.05) is 18.9 Å². The van der Waals surface area contributed by atoms with Gasteiger partial charge in [-0.25, -0.2) is 12.7 Å². The Hall–Kier alpha value is -2.18. The molecule has 2 aromatic rings. The van der Waals surface area contributed by atoms with Crippen molar-refractivity contribution in [3.8, 4) is 0 Å². The lowest BCUT2D eigenvalue weighted by molar-refractivity contribution is -0.116. The van der Waals surface area contributed by atoms with E-state index in [1.807, 2.05) is 39.8 Å². The topological polar surface area (TPSA) is 66.5 Å². The number of aryl methyl sites for hydroxylation is 4. The summed E-state index contributed by atoms with van der Waals surface area (Å²) in [6.07, 6.45) is 0.720. The molecule has 146 valence electrons. The van der Waals surface area contributed by atoms with Gasteiger partial charge in [0.05, 0.1) is 4.90 Å². The molecule has 0 unspecified atom stereocenters. The fraction of sp³-hybridized carbons (Fsp3) is 0.381. The summed E-state index contributed by atoms with van der Waals surface area (Å²) in [4.78, 5) is 12.5. The summed E-state index contributed by atoms with van der Waals surface area (Å²) in [6, 6.07) is 10.8. The Balaban J connectivity index is 1.92. The van der Waals surface area contributed by atoms with Crippen LogP contribution in [0, 0.1) is 27.7 Å². The highest BCUT2D eigenvalue weighted by Crippen LogP contribution is 2.22. The molecule has 0 heterocycles. The first-order chi connectivity index (χ1) is 12.6. The van der Waals surface area contributed by atoms with Crippen LogP contribution in [0.15, 0.2) is 41.3 Å². The molecule has 6 heteroatoms. The van der Waals surface area contributed by atoms with E-state index in [4.69, 9.17) is 0 Å². The number of nitrogens with one attached hydrogen (secondary N) is 1. The molecule has 5 nitrogen and oxygen atoms in total. The molecule has 0 radical (unpaired) electrons. The van der Waals surface area contributed by atoms with E-state index in [9.17, 15) is 13.2 Å². The second kappa shape index (κ2) is 8.67. The monoisotopic (exact) mass is 388 g/mol. The van der Waals surface area contributed by atoms with E-state index < -0.39 is 10.0 Å². The first kappa shape index (κ1) is 21.1. The Morgan fingerprint density at radius 1 is 0.963 bits per heavy atom. The summed E-state index contributed by atoms with van der Waals surface area (Å²) in [5, 5.41) is 2.95. The van der Waals surface area contributed by atoms with Crippen molar-refractivity contribution >= 4 is 21.6 Å². The van der Waals surface area contributed by atoms with Gasteiger partial charge < -0.3 is 5.32 Å². The van der Waals surface area contributed by atoms with Crippen molar-refractivity contribution in [1.29, 1.82) is 0 Å². The highest BCUT2D eigenvalue weighted by molar-refractivity contribution is 7.89. The van der Waals surface area contributed by atoms with Crippen LogP contribution in [-0.4, -0.2) is 32.2 Å². The molecule has 1 N–H and O–H groups in total. The fourth-order valence-corrected chi connectivity index (χ4v) is 4.26. The summed E-state index contributed by atoms with van der Waals surface area (Å²) >= 11 is 0. The highest BCUT2D eigenvalue weighted by Gasteiger charge is 2.20. The Morgan fingerprint density at radius 2 is 1.52 bits per heavy atom. The lowest BCUT2D eigenvalue weighted by atomic mass is 10.0. The largest absolute Gasteiger partial charge is 0.326 e. The lowest BCUT2D eigenvalue weighted by Crippen LogP contribution is -2.28. The third-order valence-electron chi connectivity index (χ3n) is 4.55. The molecule has 0 atom stereocenters. The number of hydrogen-bond donors (Lipinski definition) is 1. The van der Waals surface area contributed by atoms with Crippen LogP contribution in [0.1, 0.15) is 35.1 Å². The number of carbonyl (C=O) groups excluding carboxylic acids is 1. The summed E-state index contributed by atoms with van der Waals surface area (Å²) < 4.78 is 26.4. The molecule has 1 amide bonds. The second-order valence-corrected chi connectivity index (χ2v) is 9.11. The second-order valence-electron chi connectivity index (χ2n) is 7.07. The molecule has 0 saturated heterocycles. The van der Waals surface area contributed by atoms with E-state index in [1.165, 1.54) is 4.31 Å². The van der Waals surface area contributed by atoms with Crippen LogP contribution in [0.2, 0.25) is 0 Å². The molecular weight excluding hydrogens is 360 g/mol. The molecule has 27 heavy (non-hydrogen) atoms. The normalized spacial score (nSPS) is 11.6. The molecular formula is C21H28N2O3S. The van der Waals surface area contributed by atoms with E-state index in [0.717, 1.165) is 27.9 Å². The van der Waals surface area contributed by atoms with Crippen LogP contribution in [0.5, 0.6) is 0 Å². The third-order valence-corrected chi connectivity index (χ3v) is 6.42. The number of hydrogen-bond acceptors (Lipinski definition) is 3. The van der Waals surface area contributed by atoms with E-state index in [-0.39, 0.29) is 23.8 Å². The van der Waals surface area contributed by atoms with Gasteiger partial charge in [-0.3, -0.25) is 4.79 Å². The summed E-state index contributed by atoms with van der Waals surface area (Å²) in [6.45, 7) is 8.16. The van der Waals surface area contributed by atoms with Gasteiger partial charge in [0.25, 0.3) is 0 Å². The maximum Gasteiger partial charge on any atom is 0.242 e. The number of nitrogens with zero attached hydrogens (tertiary/aromatic N) is 1. The Labute approximate surface area is 162 Å². The molecule has 0 aliphatic carbocycles. The maximum atomic E-state index is 12.6. The van der Waals surface area contributed by atoms with Gasteiger partial charge in [-0.05, 0) is 57.4 Å². The standard InChI is InChI=1S/C21H28N2O3S/c1-15-8-10-19(11-9-15)27(25,26)23(5)12-6-7-20(24)22-21-17(3)13-16(2)14-18(21)4/h8-11,13-14H,6-7,12H2,1-5H3,(H,22,24). The van der Waals surface area contributed by atoms with Crippen LogP contribution in [0.3, 0.4) is 0 Å². The van der Waals surface area contributed by atoms with Gasteiger partial charge in [0.2, 0.25) is 15.9 Å². The molecule has 2 rings (SSSR count). The molecule has 0 aliphatic rings. The predicted molar refractivity (Wildman–Crippen MR) is 110 cm³/mol. The van der Waals surface area contributed by atoms with E-state index in [2.05, 4.69) is 5.32 Å². The van der Waals surface area contributed by atoms with Crippen molar-refractivity contribution < 1.29 is 13.2 Å². The number of rotatable bonds is 7. The first-order valence-electron chi connectivity index (χ1n) is 9.02. The molecule has 0 fully saturated rings. The van der Waals surface area contributed by atoms with Gasteiger partial charge in [0.1, 0.15) is 0 Å². The summed E-state index contributed by atoms with van der Waals surface area (Å²) in [5.74, 6) is -0.105. The van der Waals surface area contributed by atoms with Crippen LogP contribution in [0.25, 0.3) is 0 Å². The molecule has 0 aromatic heterocycles. The molecule has 2 aromatic carbocycles. The summed E-state index contributed by atoms with van der Waals surface area (Å²) in [5.41, 5.74) is 5.06. The number of benzene rings is 2. The number of amides is 1. The molecule has 0 saturated carbocycles. The predicted octanol–water partition coefficient (Wildman–Crippen LogP) is 3.96. The molecule has 0 spiro atoms. The van der Waals surface area contributed by atoms with Crippen LogP contribution < -0.4 is 5.32 Å². The van der Waals surface area contributed by atoms with Crippen molar-refractivity contribution in [3.63, 3.8) is 0 Å². The zero-order chi connectivity index (χ0) is 20.2. The number of carbonyl (C=O) groups is 1. The van der Waals surface area contributed by atoms with E-state index >= 15 is 0 Å². The average molecular weight is 389 g/mol. The minimum Gasteiger partial charge on any atom is -0.326 e. The summed E-state index contributed by atoms with van der Waals surface area (Å²) in [7, 11) is -1.99. The Bertz CT molecular complexity index is 896. The smallest absolute Gasteiger partial charge is 0.242 e. The highest BCUT2D eigenvalue weighted by atomic mass is 32.2. The van der Waals surface area contributed by atoms with Crippen LogP contribution in [-0.2, 0) is 14.8 Å². The third kappa shape index (κ3) is 5.40. The zero-order valence-electron chi connectivity index (χ0n) is 16.7. The maximum absolute atomic E-state index is 12.6. The van der Waals surface area contributed by atoms with Gasteiger partial charge in [-0.2, -0.15) is 0 Å². The first-order valence-corrected chi connectivity index (χ1v) is 10.5. The van der Waals surface area contributed by atoms with Crippen LogP contribution in [0.4, 0.5) is 5.69 Å². The van der Waals surface area contributed by atoms with E-state index in [0.29, 0.717) is 6.42 Å². The van der Waals surface area contributed by atoms with Crippen molar-refractivity contribution in [2.24, 2.45) is 0 Å². The van der Waals surface area contributed by atoms with Crippen LogP contribution >= 0.6 is 0 Å². The average Bonchev–Trinajstić information content (AvgIpc) is 2.58. The van der Waals surface area contributed by atoms with Gasteiger partial charge in [0, 0.05) is 25.7 Å². The Morgan fingerprint density at radius 3 is 2.07 bits per heavy atom. The van der Waals surface area contributed by atoms with Gasteiger partial charge >= 0.3 is 0 Å².